The molecule has 6 heteroatoms. The minimum Gasteiger partial charge on any atom is -0.340 e. The number of nitro benzene ring substituents is 1. The van der Waals surface area contributed by atoms with Gasteiger partial charge in [0.05, 0.1) is 4.92 Å². The highest BCUT2D eigenvalue weighted by molar-refractivity contribution is 5.94. The number of carbonyl (C=O) groups is 1. The number of benzene rings is 1. The number of nitrogens with zero attached hydrogens (tertiary/aromatic N) is 2. The second-order valence-corrected chi connectivity index (χ2v) is 5.59. The lowest BCUT2D eigenvalue weighted by Gasteiger charge is -2.28. The van der Waals surface area contributed by atoms with Gasteiger partial charge in [-0.25, -0.2) is 0 Å². The first-order valence-electron chi connectivity index (χ1n) is 7.23. The van der Waals surface area contributed by atoms with Gasteiger partial charge in [-0.1, -0.05) is 12.5 Å². The van der Waals surface area contributed by atoms with E-state index < -0.39 is 4.92 Å². The van der Waals surface area contributed by atoms with E-state index in [2.05, 4.69) is 5.32 Å². The Labute approximate surface area is 124 Å². The van der Waals surface area contributed by atoms with E-state index in [4.69, 9.17) is 0 Å². The molecule has 1 heterocycles. The zero-order valence-corrected chi connectivity index (χ0v) is 12.5. The zero-order chi connectivity index (χ0) is 15.4. The quantitative estimate of drug-likeness (QED) is 0.681. The van der Waals surface area contributed by atoms with E-state index in [-0.39, 0.29) is 11.6 Å². The van der Waals surface area contributed by atoms with Crippen LogP contribution in [0, 0.1) is 17.0 Å². The summed E-state index contributed by atoms with van der Waals surface area (Å²) in [6.07, 6.45) is 3.42. The van der Waals surface area contributed by atoms with Crippen molar-refractivity contribution in [1.82, 2.24) is 10.2 Å². The van der Waals surface area contributed by atoms with Crippen molar-refractivity contribution in [2.24, 2.45) is 0 Å². The average molecular weight is 291 g/mol. The molecule has 1 saturated heterocycles. The molecule has 1 aromatic rings. The van der Waals surface area contributed by atoms with Gasteiger partial charge in [0.1, 0.15) is 0 Å². The molecule has 1 aromatic carbocycles. The third-order valence-electron chi connectivity index (χ3n) is 3.91. The Kier molecular flexibility index (Phi) is 4.90. The van der Waals surface area contributed by atoms with Gasteiger partial charge in [0.25, 0.3) is 11.6 Å². The molecule has 0 spiro atoms. The van der Waals surface area contributed by atoms with Gasteiger partial charge in [-0.15, -0.1) is 0 Å². The molecule has 114 valence electrons. The Balaban J connectivity index is 2.08. The maximum atomic E-state index is 12.4. The molecular formula is C15H21N3O3. The number of hydrogen-bond acceptors (Lipinski definition) is 4. The topological polar surface area (TPSA) is 75.5 Å². The van der Waals surface area contributed by atoms with Crippen LogP contribution >= 0.6 is 0 Å². The Morgan fingerprint density at radius 2 is 2.24 bits per heavy atom. The molecular weight excluding hydrogens is 270 g/mol. The lowest BCUT2D eigenvalue weighted by atomic mass is 10.0. The highest BCUT2D eigenvalue weighted by Gasteiger charge is 2.21. The predicted molar refractivity (Wildman–Crippen MR) is 80.4 cm³/mol. The number of amides is 1. The lowest BCUT2D eigenvalue weighted by Crippen LogP contribution is -2.44. The molecule has 0 bridgehead atoms. The molecule has 0 radical (unpaired) electrons. The molecule has 0 aliphatic carbocycles. The fourth-order valence-corrected chi connectivity index (χ4v) is 2.65. The fraction of sp³-hybridized carbons (Fsp3) is 0.533. The number of piperidine rings is 1. The van der Waals surface area contributed by atoms with Crippen LogP contribution in [0.1, 0.15) is 35.2 Å². The number of nitro groups is 1. The molecule has 1 N–H and O–H groups in total. The second-order valence-electron chi connectivity index (χ2n) is 5.59. The molecule has 21 heavy (non-hydrogen) atoms. The summed E-state index contributed by atoms with van der Waals surface area (Å²) in [5.74, 6) is -0.175. The fourth-order valence-electron chi connectivity index (χ4n) is 2.65. The molecule has 1 amide bonds. The molecule has 1 fully saturated rings. The number of nitrogens with one attached hydrogen (secondary N) is 1. The van der Waals surface area contributed by atoms with Crippen molar-refractivity contribution in [1.29, 1.82) is 0 Å². The van der Waals surface area contributed by atoms with E-state index in [1.54, 1.807) is 31.0 Å². The van der Waals surface area contributed by atoms with Crippen LogP contribution < -0.4 is 5.32 Å². The zero-order valence-electron chi connectivity index (χ0n) is 12.5. The first kappa shape index (κ1) is 15.4. The Hall–Kier alpha value is -1.95. The van der Waals surface area contributed by atoms with E-state index in [1.165, 1.54) is 18.9 Å². The van der Waals surface area contributed by atoms with Crippen molar-refractivity contribution < 1.29 is 9.72 Å². The van der Waals surface area contributed by atoms with Crippen LogP contribution in [-0.2, 0) is 0 Å². The second kappa shape index (κ2) is 6.67. The number of likely N-dealkylation sites (N-methyl/N-ethyl adjacent to an activating group) is 1. The maximum Gasteiger partial charge on any atom is 0.273 e. The van der Waals surface area contributed by atoms with E-state index in [0.29, 0.717) is 23.7 Å². The Morgan fingerprint density at radius 3 is 2.86 bits per heavy atom. The van der Waals surface area contributed by atoms with Gasteiger partial charge in [0.15, 0.2) is 0 Å². The third kappa shape index (κ3) is 3.78. The van der Waals surface area contributed by atoms with Crippen LogP contribution in [0.3, 0.4) is 0 Å². The Bertz CT molecular complexity index is 539. The maximum absolute atomic E-state index is 12.4. The molecule has 1 unspecified atom stereocenters. The number of aryl methyl sites for hydroxylation is 1. The van der Waals surface area contributed by atoms with Crippen LogP contribution in [0.5, 0.6) is 0 Å². The van der Waals surface area contributed by atoms with Gasteiger partial charge in [-0.3, -0.25) is 14.9 Å². The molecule has 1 aliphatic heterocycles. The number of hydrogen-bond donors (Lipinski definition) is 1. The molecule has 0 aromatic heterocycles. The minimum absolute atomic E-state index is 0.00922. The van der Waals surface area contributed by atoms with Crippen LogP contribution in [0.15, 0.2) is 18.2 Å². The average Bonchev–Trinajstić information content (AvgIpc) is 2.47. The van der Waals surface area contributed by atoms with Crippen molar-refractivity contribution in [2.45, 2.75) is 32.2 Å². The van der Waals surface area contributed by atoms with Gasteiger partial charge < -0.3 is 10.2 Å². The summed E-state index contributed by atoms with van der Waals surface area (Å²) in [7, 11) is 1.74. The molecule has 0 saturated carbocycles. The highest BCUT2D eigenvalue weighted by Crippen LogP contribution is 2.20. The van der Waals surface area contributed by atoms with Crippen molar-refractivity contribution in [3.05, 3.63) is 39.4 Å². The lowest BCUT2D eigenvalue weighted by molar-refractivity contribution is -0.385. The van der Waals surface area contributed by atoms with Crippen molar-refractivity contribution >= 4 is 11.6 Å². The van der Waals surface area contributed by atoms with Gasteiger partial charge in [0.2, 0.25) is 0 Å². The number of rotatable bonds is 4. The van der Waals surface area contributed by atoms with Gasteiger partial charge >= 0.3 is 0 Å². The van der Waals surface area contributed by atoms with Crippen molar-refractivity contribution in [2.75, 3.05) is 20.1 Å². The molecule has 2 rings (SSSR count). The van der Waals surface area contributed by atoms with E-state index in [9.17, 15) is 14.9 Å². The minimum atomic E-state index is -0.450. The monoisotopic (exact) mass is 291 g/mol. The smallest absolute Gasteiger partial charge is 0.273 e. The van der Waals surface area contributed by atoms with E-state index in [1.807, 2.05) is 0 Å². The van der Waals surface area contributed by atoms with Crippen molar-refractivity contribution in [3.63, 3.8) is 0 Å². The van der Waals surface area contributed by atoms with Crippen LogP contribution in [-0.4, -0.2) is 41.9 Å². The van der Waals surface area contributed by atoms with Crippen molar-refractivity contribution in [3.8, 4) is 0 Å². The van der Waals surface area contributed by atoms with Crippen LogP contribution in [0.25, 0.3) is 0 Å². The normalized spacial score (nSPS) is 18.3. The van der Waals surface area contributed by atoms with Gasteiger partial charge in [-0.2, -0.15) is 0 Å². The van der Waals surface area contributed by atoms with Crippen LogP contribution in [0.2, 0.25) is 0 Å². The standard InChI is InChI=1S/C15H21N3O3/c1-11-6-7-12(9-14(11)18(20)21)15(19)17(2)10-13-5-3-4-8-16-13/h6-7,9,13,16H,3-5,8,10H2,1-2H3. The largest absolute Gasteiger partial charge is 0.340 e. The molecule has 6 nitrogen and oxygen atoms in total. The van der Waals surface area contributed by atoms with E-state index >= 15 is 0 Å². The number of carbonyl (C=O) groups excluding carboxylic acids is 1. The highest BCUT2D eigenvalue weighted by atomic mass is 16.6. The predicted octanol–water partition coefficient (Wildman–Crippen LogP) is 2.12. The molecule has 1 atom stereocenters. The first-order valence-corrected chi connectivity index (χ1v) is 7.23. The molecule has 1 aliphatic rings. The van der Waals surface area contributed by atoms with Crippen LogP contribution in [0.4, 0.5) is 5.69 Å². The third-order valence-corrected chi connectivity index (χ3v) is 3.91. The summed E-state index contributed by atoms with van der Waals surface area (Å²) >= 11 is 0. The first-order chi connectivity index (χ1) is 9.99. The Morgan fingerprint density at radius 1 is 1.48 bits per heavy atom. The van der Waals surface area contributed by atoms with E-state index in [0.717, 1.165) is 13.0 Å². The van der Waals surface area contributed by atoms with Gasteiger partial charge in [0, 0.05) is 36.8 Å². The summed E-state index contributed by atoms with van der Waals surface area (Å²) < 4.78 is 0. The summed E-state index contributed by atoms with van der Waals surface area (Å²) in [5, 5.41) is 14.3. The van der Waals surface area contributed by atoms with Gasteiger partial charge in [-0.05, 0) is 32.4 Å². The summed E-state index contributed by atoms with van der Waals surface area (Å²) in [4.78, 5) is 24.5. The SMILES string of the molecule is Cc1ccc(C(=O)N(C)CC2CCCCN2)cc1[N+](=O)[O-]. The summed E-state index contributed by atoms with van der Waals surface area (Å²) in [6.45, 7) is 3.28. The summed E-state index contributed by atoms with van der Waals surface area (Å²) in [6, 6.07) is 4.95. The summed E-state index contributed by atoms with van der Waals surface area (Å²) in [5.41, 5.74) is 0.920.